The molecule has 108 valence electrons. The number of fused-ring (bicyclic) bond motifs is 1. The van der Waals surface area contributed by atoms with E-state index in [2.05, 4.69) is 11.1 Å². The number of benzene rings is 1. The first kappa shape index (κ1) is 13.2. The number of aliphatic hydroxyl groups is 1. The van der Waals surface area contributed by atoms with Gasteiger partial charge < -0.3 is 5.11 Å². The topological polar surface area (TPSA) is 50.4 Å². The third-order valence-electron chi connectivity index (χ3n) is 3.54. The summed E-state index contributed by atoms with van der Waals surface area (Å²) in [6, 6.07) is 15.8. The highest BCUT2D eigenvalue weighted by molar-refractivity contribution is 7.13. The highest BCUT2D eigenvalue weighted by atomic mass is 32.1. The fourth-order valence-electron chi connectivity index (χ4n) is 2.45. The van der Waals surface area contributed by atoms with E-state index in [9.17, 15) is 5.11 Å². The number of imidazole rings is 1. The van der Waals surface area contributed by atoms with E-state index in [1.165, 1.54) is 0 Å². The maximum absolute atomic E-state index is 9.28. The lowest BCUT2D eigenvalue weighted by Gasteiger charge is -2.05. The van der Waals surface area contributed by atoms with Gasteiger partial charge in [0.25, 0.3) is 0 Å². The van der Waals surface area contributed by atoms with Crippen LogP contribution in [0.25, 0.3) is 27.5 Å². The van der Waals surface area contributed by atoms with Crippen LogP contribution in [0.1, 0.15) is 5.56 Å². The van der Waals surface area contributed by atoms with E-state index in [1.807, 2.05) is 58.6 Å². The maximum atomic E-state index is 9.28. The van der Waals surface area contributed by atoms with Crippen LogP contribution in [0.5, 0.6) is 0 Å². The average molecular weight is 307 g/mol. The summed E-state index contributed by atoms with van der Waals surface area (Å²) in [5.74, 6) is 0. The third kappa shape index (κ3) is 2.20. The van der Waals surface area contributed by atoms with E-state index in [0.29, 0.717) is 0 Å². The predicted molar refractivity (Wildman–Crippen MR) is 87.7 cm³/mol. The first-order chi connectivity index (χ1) is 10.8. The molecule has 3 aromatic heterocycles. The van der Waals surface area contributed by atoms with Crippen molar-refractivity contribution in [2.75, 3.05) is 0 Å². The number of hydrogen-bond donors (Lipinski definition) is 1. The molecular weight excluding hydrogens is 294 g/mol. The molecule has 3 heterocycles. The van der Waals surface area contributed by atoms with E-state index in [4.69, 9.17) is 5.10 Å². The molecule has 1 aromatic carbocycles. The van der Waals surface area contributed by atoms with Gasteiger partial charge in [0.1, 0.15) is 5.69 Å². The lowest BCUT2D eigenvalue weighted by molar-refractivity contribution is 0.282. The smallest absolute Gasteiger partial charge is 0.154 e. The maximum Gasteiger partial charge on any atom is 0.154 e. The minimum Gasteiger partial charge on any atom is -0.392 e. The molecule has 4 nitrogen and oxygen atoms in total. The van der Waals surface area contributed by atoms with Gasteiger partial charge in [-0.25, -0.2) is 9.50 Å². The molecule has 22 heavy (non-hydrogen) atoms. The number of aliphatic hydroxyl groups excluding tert-OH is 1. The number of nitrogens with zero attached hydrogens (tertiary/aromatic N) is 3. The molecule has 1 N–H and O–H groups in total. The minimum atomic E-state index is 0.0294. The van der Waals surface area contributed by atoms with Crippen molar-refractivity contribution in [1.29, 1.82) is 0 Å². The molecule has 0 aliphatic heterocycles. The molecular formula is C17H13N3OS. The van der Waals surface area contributed by atoms with Gasteiger partial charge in [-0.2, -0.15) is 5.10 Å². The van der Waals surface area contributed by atoms with E-state index >= 15 is 0 Å². The second-order valence-electron chi connectivity index (χ2n) is 4.97. The van der Waals surface area contributed by atoms with Gasteiger partial charge in [0.05, 0.1) is 23.4 Å². The molecule has 0 aliphatic carbocycles. The molecule has 0 spiro atoms. The Bertz CT molecular complexity index is 928. The van der Waals surface area contributed by atoms with Crippen molar-refractivity contribution in [2.45, 2.75) is 6.61 Å². The van der Waals surface area contributed by atoms with Gasteiger partial charge in [-0.1, -0.05) is 24.3 Å². The fourth-order valence-corrected chi connectivity index (χ4v) is 3.17. The van der Waals surface area contributed by atoms with Crippen LogP contribution in [0.4, 0.5) is 0 Å². The fraction of sp³-hybridized carbons (Fsp3) is 0.0588. The van der Waals surface area contributed by atoms with Gasteiger partial charge in [0.15, 0.2) is 5.65 Å². The Balaban J connectivity index is 1.87. The minimum absolute atomic E-state index is 0.0294. The molecule has 0 unspecified atom stereocenters. The van der Waals surface area contributed by atoms with Crippen molar-refractivity contribution in [3.05, 3.63) is 65.7 Å². The van der Waals surface area contributed by atoms with Gasteiger partial charge in [-0.3, -0.25) is 0 Å². The number of hydrogen-bond acceptors (Lipinski definition) is 4. The number of aromatic nitrogens is 3. The molecule has 0 saturated heterocycles. The van der Waals surface area contributed by atoms with Crippen molar-refractivity contribution in [3.63, 3.8) is 0 Å². The van der Waals surface area contributed by atoms with E-state index in [-0.39, 0.29) is 6.61 Å². The Morgan fingerprint density at radius 2 is 2.05 bits per heavy atom. The van der Waals surface area contributed by atoms with Crippen LogP contribution in [0.3, 0.4) is 0 Å². The molecule has 4 aromatic rings. The molecule has 0 radical (unpaired) electrons. The summed E-state index contributed by atoms with van der Waals surface area (Å²) in [5, 5.41) is 16.0. The zero-order valence-corrected chi connectivity index (χ0v) is 12.5. The van der Waals surface area contributed by atoms with Crippen LogP contribution in [-0.2, 0) is 6.61 Å². The first-order valence-corrected chi connectivity index (χ1v) is 7.82. The lowest BCUT2D eigenvalue weighted by atomic mass is 10.1. The van der Waals surface area contributed by atoms with Crippen LogP contribution in [0.2, 0.25) is 0 Å². The van der Waals surface area contributed by atoms with E-state index in [0.717, 1.165) is 33.0 Å². The lowest BCUT2D eigenvalue weighted by Crippen LogP contribution is -1.96. The van der Waals surface area contributed by atoms with Gasteiger partial charge in [0.2, 0.25) is 0 Å². The quantitative estimate of drug-likeness (QED) is 0.629. The van der Waals surface area contributed by atoms with Crippen molar-refractivity contribution in [2.24, 2.45) is 0 Å². The van der Waals surface area contributed by atoms with Crippen molar-refractivity contribution < 1.29 is 5.11 Å². The Kier molecular flexibility index (Phi) is 3.21. The van der Waals surface area contributed by atoms with Gasteiger partial charge in [-0.05, 0) is 35.2 Å². The third-order valence-corrected chi connectivity index (χ3v) is 4.43. The summed E-state index contributed by atoms with van der Waals surface area (Å²) in [7, 11) is 0. The summed E-state index contributed by atoms with van der Waals surface area (Å²) in [6.45, 7) is 0.0294. The SMILES string of the molecule is OCc1cccc(-c2ccc3ncc(-c4cccs4)n3n2)c1. The summed E-state index contributed by atoms with van der Waals surface area (Å²) in [5.41, 5.74) is 4.54. The molecule has 0 atom stereocenters. The Hall–Kier alpha value is -2.50. The van der Waals surface area contributed by atoms with Gasteiger partial charge in [-0.15, -0.1) is 11.3 Å². The summed E-state index contributed by atoms with van der Waals surface area (Å²) in [4.78, 5) is 5.55. The summed E-state index contributed by atoms with van der Waals surface area (Å²) < 4.78 is 1.87. The van der Waals surface area contributed by atoms with Crippen LogP contribution >= 0.6 is 11.3 Å². The predicted octanol–water partition coefficient (Wildman–Crippen LogP) is 3.62. The molecule has 4 rings (SSSR count). The van der Waals surface area contributed by atoms with Crippen LogP contribution in [0, 0.1) is 0 Å². The number of thiophene rings is 1. The van der Waals surface area contributed by atoms with Crippen LogP contribution in [-0.4, -0.2) is 19.7 Å². The standard InChI is InChI=1S/C17H13N3OS/c21-11-12-3-1-4-13(9-12)14-6-7-17-18-10-15(20(17)19-14)16-5-2-8-22-16/h1-10,21H,11H2. The van der Waals surface area contributed by atoms with Crippen molar-refractivity contribution in [3.8, 4) is 21.8 Å². The second kappa shape index (κ2) is 5.36. The molecule has 0 bridgehead atoms. The molecule has 5 heteroatoms. The second-order valence-corrected chi connectivity index (χ2v) is 5.92. The van der Waals surface area contributed by atoms with E-state index < -0.39 is 0 Å². The van der Waals surface area contributed by atoms with E-state index in [1.54, 1.807) is 11.3 Å². The normalized spacial score (nSPS) is 11.1. The molecule has 0 aliphatic rings. The van der Waals surface area contributed by atoms with Gasteiger partial charge in [0, 0.05) is 5.56 Å². The molecule has 0 fully saturated rings. The monoisotopic (exact) mass is 307 g/mol. The highest BCUT2D eigenvalue weighted by Gasteiger charge is 2.09. The largest absolute Gasteiger partial charge is 0.392 e. The van der Waals surface area contributed by atoms with Crippen LogP contribution in [0.15, 0.2) is 60.1 Å². The molecule has 0 saturated carbocycles. The summed E-state index contributed by atoms with van der Waals surface area (Å²) >= 11 is 1.67. The Morgan fingerprint density at radius 1 is 1.09 bits per heavy atom. The zero-order valence-electron chi connectivity index (χ0n) is 11.7. The highest BCUT2D eigenvalue weighted by Crippen LogP contribution is 2.26. The summed E-state index contributed by atoms with van der Waals surface area (Å²) in [6.07, 6.45) is 1.85. The molecule has 0 amide bonds. The Morgan fingerprint density at radius 3 is 2.86 bits per heavy atom. The van der Waals surface area contributed by atoms with Crippen LogP contribution < -0.4 is 0 Å². The van der Waals surface area contributed by atoms with Crippen molar-refractivity contribution >= 4 is 17.0 Å². The number of rotatable bonds is 3. The first-order valence-electron chi connectivity index (χ1n) is 6.94. The average Bonchev–Trinajstić information content (AvgIpc) is 3.23. The van der Waals surface area contributed by atoms with Crippen molar-refractivity contribution in [1.82, 2.24) is 14.6 Å². The van der Waals surface area contributed by atoms with Gasteiger partial charge >= 0.3 is 0 Å². The Labute approximate surface area is 131 Å². The zero-order chi connectivity index (χ0) is 14.9.